The summed E-state index contributed by atoms with van der Waals surface area (Å²) in [7, 11) is 0. The van der Waals surface area contributed by atoms with E-state index in [0.717, 1.165) is 28.2 Å². The van der Waals surface area contributed by atoms with E-state index in [1.54, 1.807) is 0 Å². The van der Waals surface area contributed by atoms with Gasteiger partial charge in [0.15, 0.2) is 0 Å². The molecule has 0 saturated heterocycles. The standard InChI is InChI=1S/C20H15FN2/c21-17-11-9-15(10-12-17)14-18-20(16-6-2-1-3-7-16)22-19-8-4-5-13-23(18)19/h1-13H,14H2. The maximum atomic E-state index is 13.1. The second-order valence-corrected chi connectivity index (χ2v) is 5.51. The molecule has 0 radical (unpaired) electrons. The lowest BCUT2D eigenvalue weighted by molar-refractivity contribution is 0.627. The Morgan fingerprint density at radius 3 is 2.35 bits per heavy atom. The number of hydrogen-bond acceptors (Lipinski definition) is 1. The molecular weight excluding hydrogens is 287 g/mol. The fourth-order valence-corrected chi connectivity index (χ4v) is 2.84. The van der Waals surface area contributed by atoms with Gasteiger partial charge in [0.2, 0.25) is 0 Å². The van der Waals surface area contributed by atoms with Crippen molar-refractivity contribution in [1.82, 2.24) is 9.38 Å². The summed E-state index contributed by atoms with van der Waals surface area (Å²) < 4.78 is 15.2. The van der Waals surface area contributed by atoms with E-state index >= 15 is 0 Å². The average Bonchev–Trinajstić information content (AvgIpc) is 2.96. The molecule has 23 heavy (non-hydrogen) atoms. The molecule has 2 nitrogen and oxygen atoms in total. The van der Waals surface area contributed by atoms with Crippen LogP contribution in [0.5, 0.6) is 0 Å². The highest BCUT2D eigenvalue weighted by Crippen LogP contribution is 2.26. The van der Waals surface area contributed by atoms with Crippen molar-refractivity contribution in [2.75, 3.05) is 0 Å². The molecule has 3 heteroatoms. The Labute approximate surface area is 133 Å². The Morgan fingerprint density at radius 1 is 0.826 bits per heavy atom. The van der Waals surface area contributed by atoms with E-state index < -0.39 is 0 Å². The van der Waals surface area contributed by atoms with Crippen LogP contribution in [0.4, 0.5) is 4.39 Å². The van der Waals surface area contributed by atoms with E-state index in [2.05, 4.69) is 16.5 Å². The lowest BCUT2D eigenvalue weighted by Gasteiger charge is -2.06. The van der Waals surface area contributed by atoms with Crippen LogP contribution < -0.4 is 0 Å². The van der Waals surface area contributed by atoms with Crippen molar-refractivity contribution >= 4 is 5.65 Å². The van der Waals surface area contributed by atoms with Crippen molar-refractivity contribution in [3.05, 3.63) is 96.1 Å². The average molecular weight is 302 g/mol. The van der Waals surface area contributed by atoms with Crippen LogP contribution >= 0.6 is 0 Å². The number of halogens is 1. The van der Waals surface area contributed by atoms with Gasteiger partial charge in [0.1, 0.15) is 11.5 Å². The van der Waals surface area contributed by atoms with Gasteiger partial charge < -0.3 is 4.40 Å². The highest BCUT2D eigenvalue weighted by atomic mass is 19.1. The monoisotopic (exact) mass is 302 g/mol. The number of benzene rings is 2. The van der Waals surface area contributed by atoms with Gasteiger partial charge >= 0.3 is 0 Å². The number of nitrogens with zero attached hydrogens (tertiary/aromatic N) is 2. The molecule has 0 bridgehead atoms. The number of hydrogen-bond donors (Lipinski definition) is 0. The summed E-state index contributed by atoms with van der Waals surface area (Å²) in [6.45, 7) is 0. The molecule has 0 fully saturated rings. The van der Waals surface area contributed by atoms with Gasteiger partial charge in [-0.15, -0.1) is 0 Å². The quantitative estimate of drug-likeness (QED) is 0.535. The number of pyridine rings is 1. The van der Waals surface area contributed by atoms with Crippen LogP contribution in [0.25, 0.3) is 16.9 Å². The molecule has 0 aliphatic rings. The molecule has 112 valence electrons. The first-order chi connectivity index (χ1) is 11.3. The molecule has 2 aromatic carbocycles. The third-order valence-corrected chi connectivity index (χ3v) is 3.96. The van der Waals surface area contributed by atoms with Gasteiger partial charge in [-0.1, -0.05) is 48.5 Å². The summed E-state index contributed by atoms with van der Waals surface area (Å²) >= 11 is 0. The van der Waals surface area contributed by atoms with E-state index in [9.17, 15) is 4.39 Å². The van der Waals surface area contributed by atoms with Crippen molar-refractivity contribution in [3.63, 3.8) is 0 Å². The van der Waals surface area contributed by atoms with Crippen LogP contribution in [0.3, 0.4) is 0 Å². The van der Waals surface area contributed by atoms with Crippen LogP contribution in [0.2, 0.25) is 0 Å². The van der Waals surface area contributed by atoms with Crippen molar-refractivity contribution in [2.24, 2.45) is 0 Å². The second-order valence-electron chi connectivity index (χ2n) is 5.51. The van der Waals surface area contributed by atoms with Crippen LogP contribution in [-0.4, -0.2) is 9.38 Å². The molecule has 4 aromatic rings. The smallest absolute Gasteiger partial charge is 0.137 e. The van der Waals surface area contributed by atoms with E-state index in [1.807, 2.05) is 54.7 Å². The van der Waals surface area contributed by atoms with E-state index in [4.69, 9.17) is 4.98 Å². The molecule has 0 amide bonds. The third kappa shape index (κ3) is 2.61. The molecule has 0 aliphatic heterocycles. The lowest BCUT2D eigenvalue weighted by Crippen LogP contribution is -1.96. The van der Waals surface area contributed by atoms with Crippen LogP contribution in [0.1, 0.15) is 11.3 Å². The van der Waals surface area contributed by atoms with Gasteiger partial charge in [0.25, 0.3) is 0 Å². The van der Waals surface area contributed by atoms with Crippen LogP contribution in [0, 0.1) is 5.82 Å². The SMILES string of the molecule is Fc1ccc(Cc2c(-c3ccccc3)nc3ccccn23)cc1. The maximum absolute atomic E-state index is 13.1. The van der Waals surface area contributed by atoms with E-state index in [1.165, 1.54) is 12.1 Å². The maximum Gasteiger partial charge on any atom is 0.137 e. The number of imidazole rings is 1. The Hall–Kier alpha value is -2.94. The topological polar surface area (TPSA) is 17.3 Å². The molecule has 0 atom stereocenters. The Kier molecular flexibility index (Phi) is 3.39. The van der Waals surface area contributed by atoms with Crippen molar-refractivity contribution in [1.29, 1.82) is 0 Å². The predicted octanol–water partition coefficient (Wildman–Crippen LogP) is 4.73. The summed E-state index contributed by atoms with van der Waals surface area (Å²) in [5.41, 5.74) is 5.16. The minimum Gasteiger partial charge on any atom is -0.303 e. The van der Waals surface area contributed by atoms with Crippen molar-refractivity contribution in [2.45, 2.75) is 6.42 Å². The highest BCUT2D eigenvalue weighted by Gasteiger charge is 2.14. The molecule has 0 spiro atoms. The van der Waals surface area contributed by atoms with Crippen LogP contribution in [-0.2, 0) is 6.42 Å². The number of rotatable bonds is 3. The molecule has 2 aromatic heterocycles. The second kappa shape index (κ2) is 5.69. The fraction of sp³-hybridized carbons (Fsp3) is 0.0500. The molecular formula is C20H15FN2. The van der Waals surface area contributed by atoms with Gasteiger partial charge in [-0.05, 0) is 29.8 Å². The van der Waals surface area contributed by atoms with Gasteiger partial charge in [0, 0.05) is 18.2 Å². The lowest BCUT2D eigenvalue weighted by atomic mass is 10.0. The van der Waals surface area contributed by atoms with Crippen LogP contribution in [0.15, 0.2) is 79.0 Å². The van der Waals surface area contributed by atoms with E-state index in [0.29, 0.717) is 6.42 Å². The molecule has 2 heterocycles. The van der Waals surface area contributed by atoms with Gasteiger partial charge in [-0.2, -0.15) is 0 Å². The third-order valence-electron chi connectivity index (χ3n) is 3.96. The Bertz CT molecular complexity index is 940. The normalized spacial score (nSPS) is 11.0. The summed E-state index contributed by atoms with van der Waals surface area (Å²) in [6.07, 6.45) is 2.73. The Balaban J connectivity index is 1.87. The minimum absolute atomic E-state index is 0.213. The zero-order valence-corrected chi connectivity index (χ0v) is 12.5. The highest BCUT2D eigenvalue weighted by molar-refractivity contribution is 5.67. The largest absolute Gasteiger partial charge is 0.303 e. The van der Waals surface area contributed by atoms with Gasteiger partial charge in [-0.3, -0.25) is 0 Å². The summed E-state index contributed by atoms with van der Waals surface area (Å²) in [4.78, 5) is 4.79. The molecule has 0 aliphatic carbocycles. The fourth-order valence-electron chi connectivity index (χ4n) is 2.84. The number of fused-ring (bicyclic) bond motifs is 1. The van der Waals surface area contributed by atoms with Crippen molar-refractivity contribution in [3.8, 4) is 11.3 Å². The summed E-state index contributed by atoms with van der Waals surface area (Å²) in [5, 5.41) is 0. The van der Waals surface area contributed by atoms with Crippen molar-refractivity contribution < 1.29 is 4.39 Å². The zero-order valence-electron chi connectivity index (χ0n) is 12.5. The molecule has 0 saturated carbocycles. The summed E-state index contributed by atoms with van der Waals surface area (Å²) in [6, 6.07) is 22.8. The molecule has 4 rings (SSSR count). The number of aromatic nitrogens is 2. The summed E-state index contributed by atoms with van der Waals surface area (Å²) in [5.74, 6) is -0.213. The molecule has 0 N–H and O–H groups in total. The molecule has 0 unspecified atom stereocenters. The minimum atomic E-state index is -0.213. The first-order valence-corrected chi connectivity index (χ1v) is 7.57. The van der Waals surface area contributed by atoms with Gasteiger partial charge in [-0.25, -0.2) is 9.37 Å². The Morgan fingerprint density at radius 2 is 1.57 bits per heavy atom. The zero-order chi connectivity index (χ0) is 15.6. The van der Waals surface area contributed by atoms with E-state index in [-0.39, 0.29) is 5.82 Å². The first kappa shape index (κ1) is 13.7. The first-order valence-electron chi connectivity index (χ1n) is 7.57. The van der Waals surface area contributed by atoms with Gasteiger partial charge in [0.05, 0.1) is 11.4 Å². The predicted molar refractivity (Wildman–Crippen MR) is 89.8 cm³/mol.